The van der Waals surface area contributed by atoms with Gasteiger partial charge in [-0.2, -0.15) is 0 Å². The first-order valence-corrected chi connectivity index (χ1v) is 11.0. The molecule has 0 saturated carbocycles. The van der Waals surface area contributed by atoms with Gasteiger partial charge in [-0.15, -0.1) is 0 Å². The Kier molecular flexibility index (Phi) is 6.22. The smallest absolute Gasteiger partial charge is 0.255 e. The molecule has 2 heterocycles. The molecule has 0 bridgehead atoms. The number of pyridine rings is 1. The number of aromatic nitrogens is 1. The fourth-order valence-corrected chi connectivity index (χ4v) is 4.63. The summed E-state index contributed by atoms with van der Waals surface area (Å²) in [6.07, 6.45) is 2.90. The number of carbonyl (C=O) groups is 2. The van der Waals surface area contributed by atoms with E-state index in [-0.39, 0.29) is 17.6 Å². The Balaban J connectivity index is 1.84. The maximum absolute atomic E-state index is 13.6. The molecule has 7 heteroatoms. The normalized spacial score (nSPS) is 20.2. The third kappa shape index (κ3) is 4.35. The van der Waals surface area contributed by atoms with E-state index in [1.165, 1.54) is 0 Å². The topological polar surface area (TPSA) is 89.5 Å². The number of anilines is 1. The molecule has 2 aromatic rings. The largest absolute Gasteiger partial charge is 0.497 e. The van der Waals surface area contributed by atoms with E-state index in [4.69, 9.17) is 9.47 Å². The van der Waals surface area contributed by atoms with Crippen LogP contribution in [0.25, 0.3) is 0 Å². The van der Waals surface area contributed by atoms with Crippen LogP contribution in [0.3, 0.4) is 0 Å². The molecular weight excluding hydrogens is 418 g/mol. The molecule has 1 amide bonds. The van der Waals surface area contributed by atoms with Crippen LogP contribution >= 0.6 is 0 Å². The number of hydrogen-bond donors (Lipinski definition) is 2. The maximum atomic E-state index is 13.6. The molecule has 33 heavy (non-hydrogen) atoms. The van der Waals surface area contributed by atoms with Crippen LogP contribution in [0, 0.1) is 12.8 Å². The predicted octanol–water partition coefficient (Wildman–Crippen LogP) is 4.26. The molecule has 2 N–H and O–H groups in total. The number of Topliss-reactive ketones (excluding diaryl/α,β-unsaturated/α-hetero) is 1. The highest BCUT2D eigenvalue weighted by atomic mass is 16.5. The quantitative estimate of drug-likeness (QED) is 0.712. The molecule has 0 saturated heterocycles. The number of allylic oxidation sites excluding steroid dienone is 3. The average molecular weight is 448 g/mol. The van der Waals surface area contributed by atoms with Crippen LogP contribution in [-0.4, -0.2) is 30.9 Å². The van der Waals surface area contributed by atoms with Crippen molar-refractivity contribution in [1.29, 1.82) is 0 Å². The lowest BCUT2D eigenvalue weighted by Gasteiger charge is -2.36. The lowest BCUT2D eigenvalue weighted by molar-refractivity contribution is -0.117. The van der Waals surface area contributed by atoms with E-state index in [2.05, 4.69) is 22.5 Å². The van der Waals surface area contributed by atoms with Gasteiger partial charge in [-0.25, -0.2) is 4.98 Å². The Hall–Kier alpha value is -3.61. The van der Waals surface area contributed by atoms with E-state index in [0.717, 1.165) is 23.2 Å². The number of ether oxygens (including phenoxy) is 2. The number of dihydropyridines is 1. The summed E-state index contributed by atoms with van der Waals surface area (Å²) in [5, 5.41) is 6.26. The summed E-state index contributed by atoms with van der Waals surface area (Å²) in [4.78, 5) is 31.2. The minimum Gasteiger partial charge on any atom is -0.497 e. The molecule has 172 valence electrons. The number of ketones is 1. The summed E-state index contributed by atoms with van der Waals surface area (Å²) < 4.78 is 11.0. The first-order chi connectivity index (χ1) is 15.8. The number of carbonyl (C=O) groups excluding carboxylic acids is 2. The van der Waals surface area contributed by atoms with Crippen LogP contribution in [-0.2, 0) is 9.59 Å². The molecular formula is C26H29N3O4. The molecule has 1 aliphatic carbocycles. The Morgan fingerprint density at radius 3 is 2.58 bits per heavy atom. The van der Waals surface area contributed by atoms with Crippen LogP contribution < -0.4 is 20.1 Å². The number of amides is 1. The van der Waals surface area contributed by atoms with Crippen molar-refractivity contribution in [2.24, 2.45) is 5.92 Å². The average Bonchev–Trinajstić information content (AvgIpc) is 2.78. The van der Waals surface area contributed by atoms with Crippen molar-refractivity contribution in [1.82, 2.24) is 10.3 Å². The van der Waals surface area contributed by atoms with Gasteiger partial charge in [-0.3, -0.25) is 9.59 Å². The van der Waals surface area contributed by atoms with E-state index in [9.17, 15) is 9.59 Å². The second kappa shape index (κ2) is 9.10. The van der Waals surface area contributed by atoms with E-state index >= 15 is 0 Å². The van der Waals surface area contributed by atoms with E-state index in [0.29, 0.717) is 40.6 Å². The number of methoxy groups -OCH3 is 2. The number of hydrogen-bond acceptors (Lipinski definition) is 6. The molecule has 4 rings (SSSR count). The number of benzene rings is 1. The predicted molar refractivity (Wildman–Crippen MR) is 126 cm³/mol. The second-order valence-electron chi connectivity index (χ2n) is 8.71. The fraction of sp³-hybridized carbons (Fsp3) is 0.346. The molecule has 2 atom stereocenters. The fourth-order valence-electron chi connectivity index (χ4n) is 4.63. The highest BCUT2D eigenvalue weighted by Gasteiger charge is 2.41. The highest BCUT2D eigenvalue weighted by molar-refractivity contribution is 6.09. The van der Waals surface area contributed by atoms with Gasteiger partial charge in [0.2, 0.25) is 0 Å². The van der Waals surface area contributed by atoms with E-state index in [1.807, 2.05) is 32.0 Å². The van der Waals surface area contributed by atoms with Crippen molar-refractivity contribution >= 4 is 17.5 Å². The van der Waals surface area contributed by atoms with Crippen LogP contribution in [0.15, 0.2) is 59.1 Å². The molecule has 7 nitrogen and oxygen atoms in total. The van der Waals surface area contributed by atoms with Gasteiger partial charge in [0.15, 0.2) is 5.78 Å². The SMILES string of the molecule is COc1ccc([C@H]2C(C(=O)Nc3ccc(C)cn3)=C(C)NC3=C2C(=O)C[C@H](C)C3)c(OC)c1. The van der Waals surface area contributed by atoms with Crippen molar-refractivity contribution < 1.29 is 19.1 Å². The lowest BCUT2D eigenvalue weighted by atomic mass is 9.73. The van der Waals surface area contributed by atoms with Crippen molar-refractivity contribution in [2.75, 3.05) is 19.5 Å². The minimum absolute atomic E-state index is 0.0467. The molecule has 0 fully saturated rings. The summed E-state index contributed by atoms with van der Waals surface area (Å²) in [5.41, 5.74) is 4.44. The minimum atomic E-state index is -0.562. The van der Waals surface area contributed by atoms with Crippen LogP contribution in [0.1, 0.15) is 43.7 Å². The molecule has 0 radical (unpaired) electrons. The maximum Gasteiger partial charge on any atom is 0.255 e. The second-order valence-corrected chi connectivity index (χ2v) is 8.71. The summed E-state index contributed by atoms with van der Waals surface area (Å²) in [6.45, 7) is 5.87. The monoisotopic (exact) mass is 447 g/mol. The van der Waals surface area contributed by atoms with Crippen molar-refractivity contribution in [3.8, 4) is 11.5 Å². The van der Waals surface area contributed by atoms with Gasteiger partial charge in [-0.1, -0.05) is 19.1 Å². The van der Waals surface area contributed by atoms with Crippen LogP contribution in [0.5, 0.6) is 11.5 Å². The van der Waals surface area contributed by atoms with Gasteiger partial charge in [0.25, 0.3) is 5.91 Å². The molecule has 1 aliphatic heterocycles. The first-order valence-electron chi connectivity index (χ1n) is 11.0. The van der Waals surface area contributed by atoms with Crippen LogP contribution in [0.4, 0.5) is 5.82 Å². The van der Waals surface area contributed by atoms with Crippen molar-refractivity contribution in [2.45, 2.75) is 39.5 Å². The molecule has 0 unspecified atom stereocenters. The molecule has 1 aromatic heterocycles. The van der Waals surface area contributed by atoms with Gasteiger partial charge < -0.3 is 20.1 Å². The van der Waals surface area contributed by atoms with Gasteiger partial charge in [0, 0.05) is 46.8 Å². The number of rotatable bonds is 5. The molecule has 2 aliphatic rings. The Labute approximate surface area is 193 Å². The number of aryl methyl sites for hydroxylation is 1. The van der Waals surface area contributed by atoms with Crippen molar-refractivity contribution in [3.63, 3.8) is 0 Å². The van der Waals surface area contributed by atoms with E-state index < -0.39 is 5.92 Å². The zero-order valence-electron chi connectivity index (χ0n) is 19.6. The van der Waals surface area contributed by atoms with Crippen LogP contribution in [0.2, 0.25) is 0 Å². The van der Waals surface area contributed by atoms with Crippen molar-refractivity contribution in [3.05, 3.63) is 70.2 Å². The van der Waals surface area contributed by atoms with Gasteiger partial charge >= 0.3 is 0 Å². The third-order valence-electron chi connectivity index (χ3n) is 6.18. The van der Waals surface area contributed by atoms with Gasteiger partial charge in [0.1, 0.15) is 17.3 Å². The summed E-state index contributed by atoms with van der Waals surface area (Å²) >= 11 is 0. The Morgan fingerprint density at radius 2 is 1.91 bits per heavy atom. The Morgan fingerprint density at radius 1 is 1.12 bits per heavy atom. The molecule has 0 spiro atoms. The zero-order valence-corrected chi connectivity index (χ0v) is 19.6. The van der Waals surface area contributed by atoms with Gasteiger partial charge in [0.05, 0.1) is 20.1 Å². The Bertz CT molecular complexity index is 1160. The number of nitrogens with one attached hydrogen (secondary N) is 2. The summed E-state index contributed by atoms with van der Waals surface area (Å²) in [7, 11) is 3.16. The zero-order chi connectivity index (χ0) is 23.7. The lowest BCUT2D eigenvalue weighted by Crippen LogP contribution is -2.37. The standard InChI is InChI=1S/C26H29N3O4/c1-14-6-9-22(27-13-14)29-26(31)23-16(3)28-19-10-15(2)11-20(30)25(19)24(23)18-8-7-17(32-4)12-21(18)33-5/h6-9,12-13,15,24,28H,10-11H2,1-5H3,(H,27,29,31)/t15-,24+/m1/s1. The highest BCUT2D eigenvalue weighted by Crippen LogP contribution is 2.46. The first kappa shape index (κ1) is 22.6. The summed E-state index contributed by atoms with van der Waals surface area (Å²) in [5.74, 6) is 1.07. The van der Waals surface area contributed by atoms with Gasteiger partial charge in [-0.05, 0) is 43.9 Å². The third-order valence-corrected chi connectivity index (χ3v) is 6.18. The van der Waals surface area contributed by atoms with E-state index in [1.54, 1.807) is 32.5 Å². The number of nitrogens with zero attached hydrogens (tertiary/aromatic N) is 1. The molecule has 1 aromatic carbocycles. The summed E-state index contributed by atoms with van der Waals surface area (Å²) in [6, 6.07) is 9.12.